The number of unbranched alkanes of at least 4 members (excludes halogenated alkanes) is 1. The van der Waals surface area contributed by atoms with E-state index in [-0.39, 0.29) is 18.8 Å². The third-order valence-corrected chi connectivity index (χ3v) is 1.99. The zero-order valence-corrected chi connectivity index (χ0v) is 11.2. The molecule has 0 aliphatic heterocycles. The highest BCUT2D eigenvalue weighted by atomic mass is 19.4. The number of alkyl halides is 3. The van der Waals surface area contributed by atoms with Crippen LogP contribution in [0.1, 0.15) is 46.5 Å². The standard InChI is InChI=1S/C12H22F3NO2/c1-11(2,3)18-10(17)6-9-16-8-5-4-7-12(13,14)15/h16H,4-9H2,1-3H3. The highest BCUT2D eigenvalue weighted by Gasteiger charge is 2.25. The summed E-state index contributed by atoms with van der Waals surface area (Å²) in [6, 6.07) is 0. The van der Waals surface area contributed by atoms with Crippen molar-refractivity contribution in [1.29, 1.82) is 0 Å². The van der Waals surface area contributed by atoms with Gasteiger partial charge in [-0.25, -0.2) is 0 Å². The lowest BCUT2D eigenvalue weighted by molar-refractivity contribution is -0.154. The fourth-order valence-corrected chi connectivity index (χ4v) is 1.28. The van der Waals surface area contributed by atoms with E-state index in [1.54, 1.807) is 20.8 Å². The van der Waals surface area contributed by atoms with Gasteiger partial charge < -0.3 is 10.1 Å². The quantitative estimate of drug-likeness (QED) is 0.570. The Labute approximate surface area is 106 Å². The van der Waals surface area contributed by atoms with Crippen LogP contribution in [-0.2, 0) is 9.53 Å². The molecule has 0 aliphatic carbocycles. The van der Waals surface area contributed by atoms with Crippen molar-refractivity contribution in [3.05, 3.63) is 0 Å². The Hall–Kier alpha value is -0.780. The number of carbonyl (C=O) groups excluding carboxylic acids is 1. The molecule has 0 saturated heterocycles. The molecule has 0 radical (unpaired) electrons. The van der Waals surface area contributed by atoms with Gasteiger partial charge in [-0.05, 0) is 40.2 Å². The fraction of sp³-hybridized carbons (Fsp3) is 0.917. The first-order valence-electron chi connectivity index (χ1n) is 6.09. The molecule has 0 unspecified atom stereocenters. The van der Waals surface area contributed by atoms with E-state index in [0.29, 0.717) is 19.5 Å². The van der Waals surface area contributed by atoms with Crippen LogP contribution in [0.25, 0.3) is 0 Å². The maximum Gasteiger partial charge on any atom is 0.389 e. The van der Waals surface area contributed by atoms with E-state index in [1.807, 2.05) is 0 Å². The Morgan fingerprint density at radius 1 is 1.11 bits per heavy atom. The lowest BCUT2D eigenvalue weighted by atomic mass is 10.2. The lowest BCUT2D eigenvalue weighted by Crippen LogP contribution is -2.27. The maximum absolute atomic E-state index is 11.8. The predicted molar refractivity (Wildman–Crippen MR) is 63.2 cm³/mol. The molecule has 0 atom stereocenters. The Morgan fingerprint density at radius 2 is 1.72 bits per heavy atom. The lowest BCUT2D eigenvalue weighted by Gasteiger charge is -2.19. The molecule has 108 valence electrons. The molecule has 0 rings (SSSR count). The van der Waals surface area contributed by atoms with Crippen molar-refractivity contribution in [1.82, 2.24) is 5.32 Å². The molecular weight excluding hydrogens is 247 g/mol. The normalized spacial score (nSPS) is 12.6. The first-order chi connectivity index (χ1) is 8.10. The number of carbonyl (C=O) groups is 1. The van der Waals surface area contributed by atoms with Crippen LogP contribution in [0.5, 0.6) is 0 Å². The van der Waals surface area contributed by atoms with E-state index < -0.39 is 18.2 Å². The first kappa shape index (κ1) is 17.2. The van der Waals surface area contributed by atoms with Crippen LogP contribution < -0.4 is 5.32 Å². The highest BCUT2D eigenvalue weighted by molar-refractivity contribution is 5.70. The molecule has 0 fully saturated rings. The Bertz CT molecular complexity index is 247. The third-order valence-electron chi connectivity index (χ3n) is 1.99. The molecule has 3 nitrogen and oxygen atoms in total. The van der Waals surface area contributed by atoms with Crippen molar-refractivity contribution < 1.29 is 22.7 Å². The summed E-state index contributed by atoms with van der Waals surface area (Å²) in [6.45, 7) is 6.28. The minimum absolute atomic E-state index is 0.114. The Morgan fingerprint density at radius 3 is 2.22 bits per heavy atom. The molecular formula is C12H22F3NO2. The number of ether oxygens (including phenoxy) is 1. The van der Waals surface area contributed by atoms with Gasteiger partial charge in [0.25, 0.3) is 0 Å². The first-order valence-corrected chi connectivity index (χ1v) is 6.09. The minimum atomic E-state index is -4.07. The molecule has 0 saturated carbocycles. The number of esters is 1. The van der Waals surface area contributed by atoms with Gasteiger partial charge in [-0.15, -0.1) is 0 Å². The average Bonchev–Trinajstić information content (AvgIpc) is 2.11. The van der Waals surface area contributed by atoms with Crippen molar-refractivity contribution in [3.8, 4) is 0 Å². The zero-order valence-electron chi connectivity index (χ0n) is 11.2. The summed E-state index contributed by atoms with van der Waals surface area (Å²) in [5, 5.41) is 2.92. The van der Waals surface area contributed by atoms with Gasteiger partial charge in [0.1, 0.15) is 5.60 Å². The molecule has 0 heterocycles. The topological polar surface area (TPSA) is 38.3 Å². The SMILES string of the molecule is CC(C)(C)OC(=O)CCNCCCCC(F)(F)F. The van der Waals surface area contributed by atoms with Crippen LogP contribution in [0.4, 0.5) is 13.2 Å². The second-order valence-corrected chi connectivity index (χ2v) is 5.16. The van der Waals surface area contributed by atoms with Crippen molar-refractivity contribution in [3.63, 3.8) is 0 Å². The van der Waals surface area contributed by atoms with E-state index in [0.717, 1.165) is 0 Å². The van der Waals surface area contributed by atoms with Crippen LogP contribution in [-0.4, -0.2) is 30.8 Å². The molecule has 0 spiro atoms. The van der Waals surface area contributed by atoms with Gasteiger partial charge in [0, 0.05) is 13.0 Å². The fourth-order valence-electron chi connectivity index (χ4n) is 1.28. The summed E-state index contributed by atoms with van der Waals surface area (Å²) in [5.41, 5.74) is -0.496. The van der Waals surface area contributed by atoms with Gasteiger partial charge in [-0.3, -0.25) is 4.79 Å². The average molecular weight is 269 g/mol. The van der Waals surface area contributed by atoms with Crippen LogP contribution >= 0.6 is 0 Å². The third kappa shape index (κ3) is 13.3. The van der Waals surface area contributed by atoms with Gasteiger partial charge in [-0.1, -0.05) is 0 Å². The molecule has 18 heavy (non-hydrogen) atoms. The van der Waals surface area contributed by atoms with Gasteiger partial charge in [0.2, 0.25) is 0 Å². The monoisotopic (exact) mass is 269 g/mol. The van der Waals surface area contributed by atoms with Gasteiger partial charge in [0.05, 0.1) is 6.42 Å². The molecule has 0 amide bonds. The second kappa shape index (κ2) is 7.61. The van der Waals surface area contributed by atoms with E-state index in [4.69, 9.17) is 4.74 Å². The van der Waals surface area contributed by atoms with Crippen molar-refractivity contribution in [2.75, 3.05) is 13.1 Å². The summed E-state index contributed by atoms with van der Waals surface area (Å²) in [5.74, 6) is -0.301. The highest BCUT2D eigenvalue weighted by Crippen LogP contribution is 2.21. The van der Waals surface area contributed by atoms with E-state index in [2.05, 4.69) is 5.32 Å². The molecule has 0 bridgehead atoms. The number of nitrogens with one attached hydrogen (secondary N) is 1. The van der Waals surface area contributed by atoms with Crippen LogP contribution in [0.2, 0.25) is 0 Å². The summed E-state index contributed by atoms with van der Waals surface area (Å²) in [7, 11) is 0. The zero-order chi connectivity index (χ0) is 14.2. The largest absolute Gasteiger partial charge is 0.460 e. The molecule has 1 N–H and O–H groups in total. The van der Waals surface area contributed by atoms with Crippen LogP contribution in [0.3, 0.4) is 0 Å². The Kier molecular flexibility index (Phi) is 7.28. The minimum Gasteiger partial charge on any atom is -0.460 e. The van der Waals surface area contributed by atoms with E-state index in [1.165, 1.54) is 0 Å². The van der Waals surface area contributed by atoms with Gasteiger partial charge in [0.15, 0.2) is 0 Å². The summed E-state index contributed by atoms with van der Waals surface area (Å²) in [6.07, 6.45) is -4.02. The Balaban J connectivity index is 3.39. The molecule has 0 aromatic heterocycles. The maximum atomic E-state index is 11.8. The van der Waals surface area contributed by atoms with Gasteiger partial charge in [-0.2, -0.15) is 13.2 Å². The van der Waals surface area contributed by atoms with Crippen molar-refractivity contribution in [2.45, 2.75) is 58.2 Å². The summed E-state index contributed by atoms with van der Waals surface area (Å²) < 4.78 is 40.5. The van der Waals surface area contributed by atoms with E-state index in [9.17, 15) is 18.0 Å². The smallest absolute Gasteiger partial charge is 0.389 e. The number of rotatable bonds is 7. The molecule has 0 aromatic carbocycles. The number of hydrogen-bond acceptors (Lipinski definition) is 3. The van der Waals surface area contributed by atoms with Crippen LogP contribution in [0, 0.1) is 0 Å². The summed E-state index contributed by atoms with van der Waals surface area (Å²) >= 11 is 0. The van der Waals surface area contributed by atoms with Gasteiger partial charge >= 0.3 is 12.1 Å². The van der Waals surface area contributed by atoms with Crippen molar-refractivity contribution >= 4 is 5.97 Å². The molecule has 0 aliphatic rings. The number of halogens is 3. The second-order valence-electron chi connectivity index (χ2n) is 5.16. The van der Waals surface area contributed by atoms with Crippen molar-refractivity contribution in [2.24, 2.45) is 0 Å². The number of hydrogen-bond donors (Lipinski definition) is 1. The summed E-state index contributed by atoms with van der Waals surface area (Å²) in [4.78, 5) is 11.3. The van der Waals surface area contributed by atoms with E-state index >= 15 is 0 Å². The van der Waals surface area contributed by atoms with Crippen LogP contribution in [0.15, 0.2) is 0 Å². The predicted octanol–water partition coefficient (Wildman–Crippen LogP) is 3.04. The molecule has 0 aromatic rings. The molecule has 6 heteroatoms.